The fourth-order valence-corrected chi connectivity index (χ4v) is 4.52. The first kappa shape index (κ1) is 14.7. The second-order valence-electron chi connectivity index (χ2n) is 4.82. The van der Waals surface area contributed by atoms with Crippen LogP contribution in [0.1, 0.15) is 33.1 Å². The van der Waals surface area contributed by atoms with Crippen molar-refractivity contribution in [3.8, 4) is 5.75 Å². The van der Waals surface area contributed by atoms with E-state index in [1.165, 1.54) is 0 Å². The topological polar surface area (TPSA) is 9.23 Å². The molecular weight excluding hydrogens is 379 g/mol. The van der Waals surface area contributed by atoms with Crippen LogP contribution in [0.2, 0.25) is 5.02 Å². The molecule has 0 spiro atoms. The average Bonchev–Trinajstić information content (AvgIpc) is 2.35. The summed E-state index contributed by atoms with van der Waals surface area (Å²) in [6.45, 7) is 4.46. The monoisotopic (exact) mass is 394 g/mol. The Hall–Kier alpha value is 0.270. The summed E-state index contributed by atoms with van der Waals surface area (Å²) in [6.07, 6.45) is 3.54. The van der Waals surface area contributed by atoms with Gasteiger partial charge in [-0.15, -0.1) is 0 Å². The molecule has 2 atom stereocenters. The van der Waals surface area contributed by atoms with Crippen molar-refractivity contribution >= 4 is 43.5 Å². The molecule has 0 amide bonds. The van der Waals surface area contributed by atoms with Gasteiger partial charge in [0, 0.05) is 14.7 Å². The van der Waals surface area contributed by atoms with E-state index in [1.54, 1.807) is 0 Å². The van der Waals surface area contributed by atoms with E-state index in [2.05, 4.69) is 45.7 Å². The number of hydrogen-bond donors (Lipinski definition) is 0. The van der Waals surface area contributed by atoms with Crippen molar-refractivity contribution in [2.45, 2.75) is 44.0 Å². The lowest BCUT2D eigenvalue weighted by Gasteiger charge is -2.52. The van der Waals surface area contributed by atoms with Gasteiger partial charge in [-0.1, -0.05) is 57.3 Å². The third kappa shape index (κ3) is 2.46. The Morgan fingerprint density at radius 2 is 2.06 bits per heavy atom. The molecule has 0 bridgehead atoms. The van der Waals surface area contributed by atoms with Crippen molar-refractivity contribution in [3.63, 3.8) is 0 Å². The van der Waals surface area contributed by atoms with Crippen molar-refractivity contribution in [1.82, 2.24) is 0 Å². The van der Waals surface area contributed by atoms with E-state index in [4.69, 9.17) is 16.3 Å². The van der Waals surface area contributed by atoms with Gasteiger partial charge in [0.2, 0.25) is 0 Å². The largest absolute Gasteiger partial charge is 0.488 e. The van der Waals surface area contributed by atoms with E-state index in [1.807, 2.05) is 18.2 Å². The molecule has 0 heterocycles. The molecule has 0 saturated heterocycles. The lowest BCUT2D eigenvalue weighted by atomic mass is 9.62. The zero-order chi connectivity index (χ0) is 13.3. The van der Waals surface area contributed by atoms with Crippen molar-refractivity contribution in [1.29, 1.82) is 0 Å². The molecule has 1 fully saturated rings. The highest BCUT2D eigenvalue weighted by Gasteiger charge is 2.53. The molecule has 1 aromatic rings. The van der Waals surface area contributed by atoms with E-state index in [-0.39, 0.29) is 11.5 Å². The molecule has 100 valence electrons. The first-order valence-corrected chi connectivity index (χ1v) is 8.38. The van der Waals surface area contributed by atoms with Crippen molar-refractivity contribution in [3.05, 3.63) is 27.7 Å². The molecule has 0 aromatic heterocycles. The number of alkyl halides is 1. The fourth-order valence-electron chi connectivity index (χ4n) is 2.73. The van der Waals surface area contributed by atoms with E-state index in [0.717, 1.165) is 29.5 Å². The molecule has 1 saturated carbocycles. The van der Waals surface area contributed by atoms with Gasteiger partial charge in [-0.2, -0.15) is 0 Å². The van der Waals surface area contributed by atoms with Crippen molar-refractivity contribution in [2.24, 2.45) is 5.41 Å². The highest BCUT2D eigenvalue weighted by Crippen LogP contribution is 2.53. The number of ether oxygens (including phenoxy) is 1. The summed E-state index contributed by atoms with van der Waals surface area (Å²) in [7, 11) is 0. The molecule has 18 heavy (non-hydrogen) atoms. The molecule has 0 radical (unpaired) electrons. The second kappa shape index (κ2) is 5.72. The van der Waals surface area contributed by atoms with E-state index in [0.29, 0.717) is 9.85 Å². The maximum atomic E-state index is 6.18. The van der Waals surface area contributed by atoms with E-state index < -0.39 is 0 Å². The van der Waals surface area contributed by atoms with Crippen LogP contribution in [0.5, 0.6) is 5.75 Å². The second-order valence-corrected chi connectivity index (χ2v) is 7.25. The quantitative estimate of drug-likeness (QED) is 0.583. The van der Waals surface area contributed by atoms with Crippen LogP contribution in [0, 0.1) is 5.41 Å². The summed E-state index contributed by atoms with van der Waals surface area (Å²) in [4.78, 5) is 0.552. The Kier molecular flexibility index (Phi) is 4.66. The number of hydrogen-bond acceptors (Lipinski definition) is 1. The summed E-state index contributed by atoms with van der Waals surface area (Å²) in [6, 6.07) is 5.74. The van der Waals surface area contributed by atoms with Crippen LogP contribution in [0.3, 0.4) is 0 Å². The van der Waals surface area contributed by atoms with Crippen LogP contribution in [0.4, 0.5) is 0 Å². The van der Waals surface area contributed by atoms with Gasteiger partial charge in [0.25, 0.3) is 0 Å². The summed E-state index contributed by atoms with van der Waals surface area (Å²) >= 11 is 13.4. The normalized spacial score (nSPS) is 25.6. The minimum Gasteiger partial charge on any atom is -0.488 e. The van der Waals surface area contributed by atoms with Gasteiger partial charge in [0.05, 0.1) is 5.02 Å². The Morgan fingerprint density at radius 1 is 1.39 bits per heavy atom. The number of halogens is 3. The summed E-state index contributed by atoms with van der Waals surface area (Å²) < 4.78 is 7.13. The first-order valence-electron chi connectivity index (χ1n) is 6.29. The van der Waals surface area contributed by atoms with Crippen LogP contribution < -0.4 is 4.74 Å². The molecule has 2 unspecified atom stereocenters. The predicted molar refractivity (Wildman–Crippen MR) is 83.9 cm³/mol. The molecule has 1 aromatic carbocycles. The lowest BCUT2D eigenvalue weighted by molar-refractivity contribution is -0.0410. The highest BCUT2D eigenvalue weighted by atomic mass is 79.9. The third-order valence-corrected chi connectivity index (χ3v) is 6.26. The smallest absolute Gasteiger partial charge is 0.139 e. The van der Waals surface area contributed by atoms with Crippen LogP contribution in [-0.4, -0.2) is 10.9 Å². The molecule has 0 N–H and O–H groups in total. The van der Waals surface area contributed by atoms with Gasteiger partial charge < -0.3 is 4.74 Å². The van der Waals surface area contributed by atoms with Gasteiger partial charge in [0.1, 0.15) is 11.9 Å². The van der Waals surface area contributed by atoms with Gasteiger partial charge in [-0.25, -0.2) is 0 Å². The zero-order valence-electron chi connectivity index (χ0n) is 10.6. The lowest BCUT2D eigenvalue weighted by Crippen LogP contribution is -2.56. The third-order valence-electron chi connectivity index (χ3n) is 4.17. The average molecular weight is 397 g/mol. The maximum Gasteiger partial charge on any atom is 0.139 e. The van der Waals surface area contributed by atoms with Gasteiger partial charge in [-0.3, -0.25) is 0 Å². The Morgan fingerprint density at radius 3 is 2.61 bits per heavy atom. The minimum absolute atomic E-state index is 0.242. The van der Waals surface area contributed by atoms with E-state index >= 15 is 0 Å². The summed E-state index contributed by atoms with van der Waals surface area (Å²) in [5.41, 5.74) is 0.242. The fraction of sp³-hybridized carbons (Fsp3) is 0.571. The van der Waals surface area contributed by atoms with Crippen LogP contribution >= 0.6 is 43.5 Å². The molecule has 2 rings (SSSR count). The van der Waals surface area contributed by atoms with Crippen LogP contribution in [-0.2, 0) is 0 Å². The maximum absolute atomic E-state index is 6.18. The predicted octanol–water partition coefficient (Wildman–Crippen LogP) is 5.82. The highest BCUT2D eigenvalue weighted by molar-refractivity contribution is 9.10. The summed E-state index contributed by atoms with van der Waals surface area (Å²) in [5.74, 6) is 0.779. The molecule has 0 aliphatic heterocycles. The Labute approximate surface area is 130 Å². The summed E-state index contributed by atoms with van der Waals surface area (Å²) in [5, 5.41) is 0.678. The molecule has 1 aliphatic carbocycles. The van der Waals surface area contributed by atoms with Crippen LogP contribution in [0.15, 0.2) is 22.7 Å². The first-order chi connectivity index (χ1) is 8.53. The molecular formula is C14H17Br2ClO. The van der Waals surface area contributed by atoms with Crippen molar-refractivity contribution in [2.75, 3.05) is 0 Å². The van der Waals surface area contributed by atoms with Gasteiger partial charge in [-0.05, 0) is 37.5 Å². The minimum atomic E-state index is 0.242. The molecule has 4 heteroatoms. The number of rotatable bonds is 4. The Bertz CT molecular complexity index is 432. The van der Waals surface area contributed by atoms with Crippen molar-refractivity contribution < 1.29 is 4.74 Å². The number of benzene rings is 1. The Balaban J connectivity index is 2.17. The SMILES string of the molecule is CCC1(CC)C(Br)CC1Oc1cc(Br)ccc1Cl. The van der Waals surface area contributed by atoms with Gasteiger partial charge in [0.15, 0.2) is 0 Å². The molecule has 1 nitrogen and oxygen atoms in total. The van der Waals surface area contributed by atoms with E-state index in [9.17, 15) is 0 Å². The molecule has 1 aliphatic rings. The van der Waals surface area contributed by atoms with Gasteiger partial charge >= 0.3 is 0 Å². The van der Waals surface area contributed by atoms with Crippen LogP contribution in [0.25, 0.3) is 0 Å². The standard InChI is InChI=1S/C14H17Br2ClO/c1-3-14(4-2)12(16)8-13(14)18-11-7-9(15)5-6-10(11)17/h5-7,12-13H,3-4,8H2,1-2H3. The zero-order valence-corrected chi connectivity index (χ0v) is 14.5.